The van der Waals surface area contributed by atoms with Gasteiger partial charge in [0.05, 0.1) is 0 Å². The van der Waals surface area contributed by atoms with Gasteiger partial charge in [0.25, 0.3) is 0 Å². The molecule has 0 radical (unpaired) electrons. The first-order valence-electron chi connectivity index (χ1n) is 5.07. The Kier molecular flexibility index (Phi) is 3.53. The monoisotopic (exact) mass is 170 g/mol. The Morgan fingerprint density at radius 1 is 1.42 bits per heavy atom. The van der Waals surface area contributed by atoms with Gasteiger partial charge in [-0.1, -0.05) is 13.8 Å². The first kappa shape index (κ1) is 10.0. The lowest BCUT2D eigenvalue weighted by atomic mass is 10.1. The second kappa shape index (κ2) is 4.24. The van der Waals surface area contributed by atoms with Gasteiger partial charge >= 0.3 is 0 Å². The molecule has 0 saturated carbocycles. The van der Waals surface area contributed by atoms with Crippen molar-refractivity contribution in [2.75, 3.05) is 19.6 Å². The molecule has 1 aliphatic heterocycles. The Hall–Kier alpha value is -0.0800. The van der Waals surface area contributed by atoms with Gasteiger partial charge in [0.1, 0.15) is 0 Å². The standard InChI is InChI=1S/C10H22N2/c1-8(2)6-12-7-9(3)11-5-10(12)4/h8-11H,5-7H2,1-4H3/t9-,10-/m1/s1. The molecule has 1 fully saturated rings. The van der Waals surface area contributed by atoms with Crippen LogP contribution >= 0.6 is 0 Å². The summed E-state index contributed by atoms with van der Waals surface area (Å²) >= 11 is 0. The van der Waals surface area contributed by atoms with Crippen LogP contribution in [0.2, 0.25) is 0 Å². The van der Waals surface area contributed by atoms with Crippen molar-refractivity contribution in [2.45, 2.75) is 39.8 Å². The predicted molar refractivity (Wildman–Crippen MR) is 53.3 cm³/mol. The Morgan fingerprint density at radius 3 is 2.67 bits per heavy atom. The first-order chi connectivity index (χ1) is 5.59. The summed E-state index contributed by atoms with van der Waals surface area (Å²) in [6.45, 7) is 12.7. The van der Waals surface area contributed by atoms with E-state index in [0.29, 0.717) is 12.1 Å². The molecule has 0 aliphatic carbocycles. The van der Waals surface area contributed by atoms with Gasteiger partial charge < -0.3 is 5.32 Å². The van der Waals surface area contributed by atoms with Crippen molar-refractivity contribution in [2.24, 2.45) is 5.92 Å². The van der Waals surface area contributed by atoms with Crippen molar-refractivity contribution in [3.63, 3.8) is 0 Å². The second-order valence-electron chi connectivity index (χ2n) is 4.51. The Labute approximate surface area is 76.3 Å². The van der Waals surface area contributed by atoms with E-state index in [9.17, 15) is 0 Å². The lowest BCUT2D eigenvalue weighted by Gasteiger charge is -2.38. The first-order valence-corrected chi connectivity index (χ1v) is 5.07. The maximum absolute atomic E-state index is 3.49. The molecule has 0 unspecified atom stereocenters. The molecule has 0 amide bonds. The average Bonchev–Trinajstić information content (AvgIpc) is 1.96. The van der Waals surface area contributed by atoms with Crippen LogP contribution in [0.5, 0.6) is 0 Å². The molecular weight excluding hydrogens is 148 g/mol. The third-order valence-electron chi connectivity index (χ3n) is 2.49. The molecule has 1 saturated heterocycles. The van der Waals surface area contributed by atoms with Crippen LogP contribution in [-0.4, -0.2) is 36.6 Å². The van der Waals surface area contributed by atoms with Crippen molar-refractivity contribution in [1.82, 2.24) is 10.2 Å². The van der Waals surface area contributed by atoms with E-state index in [1.54, 1.807) is 0 Å². The minimum absolute atomic E-state index is 0.667. The summed E-state index contributed by atoms with van der Waals surface area (Å²) in [4.78, 5) is 2.59. The zero-order valence-corrected chi connectivity index (χ0v) is 8.80. The van der Waals surface area contributed by atoms with Crippen LogP contribution in [0.1, 0.15) is 27.7 Å². The third-order valence-corrected chi connectivity index (χ3v) is 2.49. The van der Waals surface area contributed by atoms with E-state index in [4.69, 9.17) is 0 Å². The lowest BCUT2D eigenvalue weighted by molar-refractivity contribution is 0.131. The summed E-state index contributed by atoms with van der Waals surface area (Å²) in [6.07, 6.45) is 0. The summed E-state index contributed by atoms with van der Waals surface area (Å²) in [5.41, 5.74) is 0. The van der Waals surface area contributed by atoms with E-state index in [2.05, 4.69) is 37.9 Å². The highest BCUT2D eigenvalue weighted by Gasteiger charge is 2.22. The minimum Gasteiger partial charge on any atom is -0.311 e. The average molecular weight is 170 g/mol. The molecular formula is C10H22N2. The maximum Gasteiger partial charge on any atom is 0.0193 e. The molecule has 2 nitrogen and oxygen atoms in total. The van der Waals surface area contributed by atoms with Crippen LogP contribution in [0.25, 0.3) is 0 Å². The van der Waals surface area contributed by atoms with Gasteiger partial charge in [-0.25, -0.2) is 0 Å². The van der Waals surface area contributed by atoms with Crippen LogP contribution in [-0.2, 0) is 0 Å². The van der Waals surface area contributed by atoms with Crippen LogP contribution in [0.4, 0.5) is 0 Å². The number of hydrogen-bond acceptors (Lipinski definition) is 2. The van der Waals surface area contributed by atoms with E-state index in [1.165, 1.54) is 13.1 Å². The Morgan fingerprint density at radius 2 is 2.08 bits per heavy atom. The predicted octanol–water partition coefficient (Wildman–Crippen LogP) is 1.32. The van der Waals surface area contributed by atoms with Crippen molar-refractivity contribution >= 4 is 0 Å². The highest BCUT2D eigenvalue weighted by atomic mass is 15.2. The van der Waals surface area contributed by atoms with Crippen molar-refractivity contribution in [1.29, 1.82) is 0 Å². The van der Waals surface area contributed by atoms with Gasteiger partial charge in [-0.3, -0.25) is 4.90 Å². The largest absolute Gasteiger partial charge is 0.311 e. The second-order valence-corrected chi connectivity index (χ2v) is 4.51. The molecule has 1 N–H and O–H groups in total. The quantitative estimate of drug-likeness (QED) is 0.672. The summed E-state index contributed by atoms with van der Waals surface area (Å²) in [5.74, 6) is 0.790. The van der Waals surface area contributed by atoms with Gasteiger partial charge in [-0.05, 0) is 19.8 Å². The van der Waals surface area contributed by atoms with Crippen LogP contribution < -0.4 is 5.32 Å². The molecule has 1 rings (SSSR count). The topological polar surface area (TPSA) is 15.3 Å². The number of hydrogen-bond donors (Lipinski definition) is 1. The van der Waals surface area contributed by atoms with Gasteiger partial charge in [-0.15, -0.1) is 0 Å². The molecule has 0 aromatic rings. The molecule has 0 aromatic heterocycles. The molecule has 1 aliphatic rings. The summed E-state index contributed by atoms with van der Waals surface area (Å²) in [6, 6.07) is 1.38. The number of nitrogens with zero attached hydrogens (tertiary/aromatic N) is 1. The van der Waals surface area contributed by atoms with Crippen molar-refractivity contribution in [3.05, 3.63) is 0 Å². The molecule has 1 heterocycles. The summed E-state index contributed by atoms with van der Waals surface area (Å²) < 4.78 is 0. The van der Waals surface area contributed by atoms with E-state index < -0.39 is 0 Å². The smallest absolute Gasteiger partial charge is 0.0193 e. The number of rotatable bonds is 2. The lowest BCUT2D eigenvalue weighted by Crippen LogP contribution is -2.55. The number of piperazine rings is 1. The summed E-state index contributed by atoms with van der Waals surface area (Å²) in [7, 11) is 0. The van der Waals surface area contributed by atoms with E-state index in [0.717, 1.165) is 12.5 Å². The fraction of sp³-hybridized carbons (Fsp3) is 1.00. The van der Waals surface area contributed by atoms with Crippen molar-refractivity contribution in [3.8, 4) is 0 Å². The minimum atomic E-state index is 0.667. The highest BCUT2D eigenvalue weighted by Crippen LogP contribution is 2.08. The molecule has 0 spiro atoms. The molecule has 72 valence electrons. The van der Waals surface area contributed by atoms with Gasteiger partial charge in [0, 0.05) is 31.7 Å². The molecule has 2 heteroatoms. The van der Waals surface area contributed by atoms with E-state index in [1.807, 2.05) is 0 Å². The normalized spacial score (nSPS) is 32.8. The van der Waals surface area contributed by atoms with Gasteiger partial charge in [0.15, 0.2) is 0 Å². The fourth-order valence-electron chi connectivity index (χ4n) is 1.82. The molecule has 12 heavy (non-hydrogen) atoms. The van der Waals surface area contributed by atoms with E-state index in [-0.39, 0.29) is 0 Å². The SMILES string of the molecule is CC(C)CN1C[C@@H](C)NC[C@H]1C. The molecule has 2 atom stereocenters. The highest BCUT2D eigenvalue weighted by molar-refractivity contribution is 4.81. The van der Waals surface area contributed by atoms with Gasteiger partial charge in [0.2, 0.25) is 0 Å². The van der Waals surface area contributed by atoms with Crippen molar-refractivity contribution < 1.29 is 0 Å². The van der Waals surface area contributed by atoms with Crippen LogP contribution in [0, 0.1) is 5.92 Å². The Balaban J connectivity index is 2.38. The van der Waals surface area contributed by atoms with Gasteiger partial charge in [-0.2, -0.15) is 0 Å². The zero-order chi connectivity index (χ0) is 9.14. The third kappa shape index (κ3) is 2.76. The number of nitrogens with one attached hydrogen (secondary N) is 1. The fourth-order valence-corrected chi connectivity index (χ4v) is 1.82. The van der Waals surface area contributed by atoms with Crippen LogP contribution in [0.3, 0.4) is 0 Å². The molecule has 0 aromatic carbocycles. The van der Waals surface area contributed by atoms with Crippen LogP contribution in [0.15, 0.2) is 0 Å². The maximum atomic E-state index is 3.49. The van der Waals surface area contributed by atoms with E-state index >= 15 is 0 Å². The summed E-state index contributed by atoms with van der Waals surface area (Å²) in [5, 5.41) is 3.49. The molecule has 0 bridgehead atoms. The zero-order valence-electron chi connectivity index (χ0n) is 8.80. The Bertz CT molecular complexity index is 132.